The van der Waals surface area contributed by atoms with Crippen molar-refractivity contribution in [3.8, 4) is 23.0 Å². The Morgan fingerprint density at radius 2 is 1.69 bits per heavy atom. The predicted octanol–water partition coefficient (Wildman–Crippen LogP) is 5.06. The van der Waals surface area contributed by atoms with E-state index in [4.69, 9.17) is 14.2 Å². The zero-order valence-corrected chi connectivity index (χ0v) is 19.8. The molecule has 3 heterocycles. The van der Waals surface area contributed by atoms with E-state index in [2.05, 4.69) is 52.4 Å². The minimum absolute atomic E-state index is 0.00814. The summed E-state index contributed by atoms with van der Waals surface area (Å²) >= 11 is 0. The van der Waals surface area contributed by atoms with Crippen LogP contribution in [0.4, 0.5) is 4.79 Å². The summed E-state index contributed by atoms with van der Waals surface area (Å²) in [5.74, 6) is 0.540. The molecular formula is C28H27N3O4. The number of aromatic nitrogens is 2. The lowest BCUT2D eigenvalue weighted by molar-refractivity contribution is 0.0866. The number of benzene rings is 2. The van der Waals surface area contributed by atoms with E-state index in [1.807, 2.05) is 17.0 Å². The summed E-state index contributed by atoms with van der Waals surface area (Å²) in [7, 11) is 3.12. The van der Waals surface area contributed by atoms with Crippen LogP contribution >= 0.6 is 0 Å². The molecule has 0 saturated carbocycles. The van der Waals surface area contributed by atoms with Crippen LogP contribution in [0.25, 0.3) is 16.7 Å². The molecule has 2 aromatic carbocycles. The van der Waals surface area contributed by atoms with Crippen molar-refractivity contribution in [2.75, 3.05) is 20.8 Å². The molecule has 1 saturated heterocycles. The first-order valence-electron chi connectivity index (χ1n) is 12.0. The van der Waals surface area contributed by atoms with E-state index in [0.717, 1.165) is 24.0 Å². The molecule has 6 rings (SSSR count). The minimum Gasteiger partial charge on any atom is -0.480 e. The van der Waals surface area contributed by atoms with E-state index in [9.17, 15) is 4.79 Å². The molecule has 1 amide bonds. The number of fused-ring (bicyclic) bond motifs is 5. The summed E-state index contributed by atoms with van der Waals surface area (Å²) in [5, 5.41) is 0. The summed E-state index contributed by atoms with van der Waals surface area (Å²) < 4.78 is 16.6. The molecule has 0 N–H and O–H groups in total. The number of amides is 1. The molecule has 2 unspecified atom stereocenters. The highest BCUT2D eigenvalue weighted by molar-refractivity contribution is 5.79. The third-order valence-corrected chi connectivity index (χ3v) is 7.40. The first-order valence-corrected chi connectivity index (χ1v) is 12.0. The summed E-state index contributed by atoms with van der Waals surface area (Å²) in [4.78, 5) is 23.8. The van der Waals surface area contributed by atoms with Crippen LogP contribution < -0.4 is 9.47 Å². The number of methoxy groups -OCH3 is 2. The molecule has 7 nitrogen and oxygen atoms in total. The van der Waals surface area contributed by atoms with Crippen molar-refractivity contribution in [3.05, 3.63) is 77.5 Å². The second-order valence-electron chi connectivity index (χ2n) is 9.19. The highest BCUT2D eigenvalue weighted by Gasteiger charge is 2.42. The van der Waals surface area contributed by atoms with Crippen LogP contribution in [0, 0.1) is 0 Å². The first kappa shape index (κ1) is 21.6. The Morgan fingerprint density at radius 1 is 0.971 bits per heavy atom. The van der Waals surface area contributed by atoms with Crippen molar-refractivity contribution in [2.24, 2.45) is 0 Å². The molecule has 7 heteroatoms. The Kier molecular flexibility index (Phi) is 5.40. The number of carbonyl (C=O) groups is 1. The van der Waals surface area contributed by atoms with E-state index >= 15 is 0 Å². The summed E-state index contributed by atoms with van der Waals surface area (Å²) in [5.41, 5.74) is 6.83. The maximum atomic E-state index is 13.3. The molecule has 0 spiro atoms. The predicted molar refractivity (Wildman–Crippen MR) is 131 cm³/mol. The number of nitrogens with zero attached hydrogens (tertiary/aromatic N) is 3. The van der Waals surface area contributed by atoms with Gasteiger partial charge in [0, 0.05) is 18.2 Å². The van der Waals surface area contributed by atoms with Crippen molar-refractivity contribution in [1.29, 1.82) is 0 Å². The van der Waals surface area contributed by atoms with Gasteiger partial charge in [0.2, 0.25) is 5.88 Å². The largest absolute Gasteiger partial charge is 0.480 e. The van der Waals surface area contributed by atoms with Crippen molar-refractivity contribution >= 4 is 11.7 Å². The fourth-order valence-electron chi connectivity index (χ4n) is 5.81. The average Bonchev–Trinajstić information content (AvgIpc) is 3.37. The Morgan fingerprint density at radius 3 is 2.34 bits per heavy atom. The van der Waals surface area contributed by atoms with Crippen molar-refractivity contribution in [2.45, 2.75) is 37.3 Å². The van der Waals surface area contributed by atoms with Crippen molar-refractivity contribution in [1.82, 2.24) is 14.9 Å². The molecule has 1 aromatic heterocycles. The average molecular weight is 470 g/mol. The number of ether oxygens (including phenoxy) is 3. The lowest BCUT2D eigenvalue weighted by Crippen LogP contribution is -2.43. The van der Waals surface area contributed by atoms with Crippen LogP contribution in [0.15, 0.2) is 60.8 Å². The highest BCUT2D eigenvalue weighted by atomic mass is 16.6. The lowest BCUT2D eigenvalue weighted by atomic mass is 9.96. The summed E-state index contributed by atoms with van der Waals surface area (Å²) in [6.45, 7) is 0.333. The van der Waals surface area contributed by atoms with Gasteiger partial charge in [-0.2, -0.15) is 4.98 Å². The van der Waals surface area contributed by atoms with Gasteiger partial charge in [0.1, 0.15) is 6.61 Å². The molecule has 2 aliphatic heterocycles. The molecule has 3 aromatic rings. The standard InChI is InChI=1S/C28H27N3O4/c1-33-26-24(15-29-27(30-26)34-2)17-13-18-11-12-19(14-17)31(18)28(32)35-16-25-22-9-5-3-7-20(22)21-8-4-6-10-23(21)25/h3-10,13,15,18-19,25H,11-12,14,16H2,1-2H3. The molecule has 35 heavy (non-hydrogen) atoms. The number of hydrogen-bond acceptors (Lipinski definition) is 6. The van der Waals surface area contributed by atoms with Gasteiger partial charge in [-0.1, -0.05) is 54.6 Å². The molecular weight excluding hydrogens is 442 g/mol. The zero-order valence-electron chi connectivity index (χ0n) is 19.8. The Labute approximate surface area is 204 Å². The summed E-state index contributed by atoms with van der Waals surface area (Å²) in [6, 6.07) is 17.1. The minimum atomic E-state index is -0.243. The van der Waals surface area contributed by atoms with Gasteiger partial charge < -0.3 is 14.2 Å². The molecule has 2 atom stereocenters. The van der Waals surface area contributed by atoms with E-state index in [1.165, 1.54) is 29.4 Å². The molecule has 1 fully saturated rings. The van der Waals surface area contributed by atoms with Gasteiger partial charge in [-0.3, -0.25) is 4.90 Å². The molecule has 2 bridgehead atoms. The first-order chi connectivity index (χ1) is 17.2. The van der Waals surface area contributed by atoms with Gasteiger partial charge in [0.05, 0.1) is 25.8 Å². The van der Waals surface area contributed by atoms with Crippen LogP contribution in [0.5, 0.6) is 11.9 Å². The number of carbonyl (C=O) groups excluding carboxylic acids is 1. The Hall–Kier alpha value is -3.87. The van der Waals surface area contributed by atoms with Crippen LogP contribution in [0.2, 0.25) is 0 Å². The second-order valence-corrected chi connectivity index (χ2v) is 9.19. The fourth-order valence-corrected chi connectivity index (χ4v) is 5.81. The monoisotopic (exact) mass is 469 g/mol. The number of rotatable bonds is 5. The van der Waals surface area contributed by atoms with Gasteiger partial charge in [-0.25, -0.2) is 9.78 Å². The number of hydrogen-bond donors (Lipinski definition) is 0. The van der Waals surface area contributed by atoms with E-state index < -0.39 is 0 Å². The normalized spacial score (nSPS) is 20.2. The Bertz CT molecular complexity index is 1280. The highest BCUT2D eigenvalue weighted by Crippen LogP contribution is 2.45. The van der Waals surface area contributed by atoms with Gasteiger partial charge >= 0.3 is 12.1 Å². The third kappa shape index (κ3) is 3.62. The Balaban J connectivity index is 1.20. The molecule has 178 valence electrons. The van der Waals surface area contributed by atoms with E-state index in [1.54, 1.807) is 13.3 Å². The van der Waals surface area contributed by atoms with Crippen molar-refractivity contribution < 1.29 is 19.0 Å². The van der Waals surface area contributed by atoms with Crippen LogP contribution in [0.3, 0.4) is 0 Å². The lowest BCUT2D eigenvalue weighted by Gasteiger charge is -2.33. The van der Waals surface area contributed by atoms with E-state index in [-0.39, 0.29) is 30.1 Å². The summed E-state index contributed by atoms with van der Waals surface area (Å²) in [6.07, 6.45) is 6.20. The quantitative estimate of drug-likeness (QED) is 0.520. The molecule has 1 aliphatic carbocycles. The van der Waals surface area contributed by atoms with Crippen LogP contribution in [-0.2, 0) is 4.74 Å². The molecule has 0 radical (unpaired) electrons. The van der Waals surface area contributed by atoms with Crippen molar-refractivity contribution in [3.63, 3.8) is 0 Å². The van der Waals surface area contributed by atoms with Gasteiger partial charge in [-0.15, -0.1) is 0 Å². The zero-order chi connectivity index (χ0) is 23.9. The van der Waals surface area contributed by atoms with Crippen LogP contribution in [-0.4, -0.2) is 53.9 Å². The third-order valence-electron chi connectivity index (χ3n) is 7.40. The fraction of sp³-hybridized carbons (Fsp3) is 0.321. The topological polar surface area (TPSA) is 73.8 Å². The maximum absolute atomic E-state index is 13.3. The second kappa shape index (κ2) is 8.73. The smallest absolute Gasteiger partial charge is 0.410 e. The molecule has 3 aliphatic rings. The van der Waals surface area contributed by atoms with Gasteiger partial charge in [0.15, 0.2) is 0 Å². The van der Waals surface area contributed by atoms with E-state index in [0.29, 0.717) is 18.9 Å². The van der Waals surface area contributed by atoms with Gasteiger partial charge in [-0.05, 0) is 47.1 Å². The van der Waals surface area contributed by atoms with Gasteiger partial charge in [0.25, 0.3) is 0 Å². The SMILES string of the molecule is COc1ncc(C2=CC3CCC(C2)N3C(=O)OCC2c3ccccc3-c3ccccc32)c(OC)n1. The maximum Gasteiger partial charge on any atom is 0.410 e. The van der Waals surface area contributed by atoms with Crippen LogP contribution in [0.1, 0.15) is 41.9 Å².